The van der Waals surface area contributed by atoms with Gasteiger partial charge in [0.05, 0.1) is 0 Å². The quantitative estimate of drug-likeness (QED) is 0.708. The number of carboxylic acid groups (broad SMARTS) is 1. The van der Waals surface area contributed by atoms with Crippen LogP contribution in [0, 0.1) is 0 Å². The highest BCUT2D eigenvalue weighted by molar-refractivity contribution is 6.32. The monoisotopic (exact) mass is 221 g/mol. The van der Waals surface area contributed by atoms with E-state index in [4.69, 9.17) is 28.3 Å². The van der Waals surface area contributed by atoms with Crippen molar-refractivity contribution in [3.05, 3.63) is 34.3 Å². The second-order valence-corrected chi connectivity index (χ2v) is 2.86. The predicted molar refractivity (Wildman–Crippen MR) is 53.5 cm³/mol. The number of benzene rings is 1. The Balaban J connectivity index is 0.000000252. The first kappa shape index (κ1) is 12.1. The highest BCUT2D eigenvalue weighted by Crippen LogP contribution is 2.12. The van der Waals surface area contributed by atoms with E-state index < -0.39 is 6.09 Å². The van der Waals surface area contributed by atoms with Crippen molar-refractivity contribution in [1.29, 1.82) is 0 Å². The lowest BCUT2D eigenvalue weighted by Crippen LogP contribution is -2.13. The van der Waals surface area contributed by atoms with Gasteiger partial charge >= 0.3 is 6.09 Å². The fourth-order valence-corrected chi connectivity index (χ4v) is 0.682. The average molecular weight is 222 g/mol. The normalized spacial score (nSPS) is 8.23. The number of hydrogen-bond acceptors (Lipinski definition) is 1. The molecular formula is C8H9Cl2NO2. The van der Waals surface area contributed by atoms with E-state index in [1.165, 1.54) is 7.05 Å². The lowest BCUT2D eigenvalue weighted by atomic mass is 10.4. The fourth-order valence-electron chi connectivity index (χ4n) is 0.430. The first-order valence-electron chi connectivity index (χ1n) is 3.38. The molecule has 1 amide bonds. The summed E-state index contributed by atoms with van der Waals surface area (Å²) in [5, 5.41) is 11.0. The zero-order valence-electron chi connectivity index (χ0n) is 6.92. The van der Waals surface area contributed by atoms with Crippen molar-refractivity contribution in [3.63, 3.8) is 0 Å². The number of amides is 1. The van der Waals surface area contributed by atoms with E-state index in [9.17, 15) is 4.79 Å². The first-order chi connectivity index (χ1) is 6.06. The molecule has 0 atom stereocenters. The second kappa shape index (κ2) is 6.57. The maximum Gasteiger partial charge on any atom is 0.404 e. The number of halogens is 2. The van der Waals surface area contributed by atoms with Gasteiger partial charge in [-0.25, -0.2) is 4.79 Å². The van der Waals surface area contributed by atoms with Crippen LogP contribution in [0.25, 0.3) is 0 Å². The van der Waals surface area contributed by atoms with Crippen LogP contribution in [-0.4, -0.2) is 18.2 Å². The molecule has 0 aliphatic heterocycles. The molecule has 0 saturated carbocycles. The molecule has 0 aliphatic carbocycles. The van der Waals surface area contributed by atoms with Gasteiger partial charge in [0, 0.05) is 17.1 Å². The Labute approximate surface area is 86.3 Å². The molecule has 0 aromatic heterocycles. The van der Waals surface area contributed by atoms with Gasteiger partial charge in [0.1, 0.15) is 0 Å². The van der Waals surface area contributed by atoms with Gasteiger partial charge in [-0.3, -0.25) is 0 Å². The zero-order valence-corrected chi connectivity index (χ0v) is 8.43. The minimum Gasteiger partial charge on any atom is -0.465 e. The van der Waals surface area contributed by atoms with Crippen molar-refractivity contribution in [2.75, 3.05) is 7.05 Å². The minimum absolute atomic E-state index is 0.717. The van der Waals surface area contributed by atoms with E-state index in [2.05, 4.69) is 0 Å². The van der Waals surface area contributed by atoms with E-state index in [-0.39, 0.29) is 0 Å². The van der Waals surface area contributed by atoms with Crippen molar-refractivity contribution in [2.45, 2.75) is 0 Å². The largest absolute Gasteiger partial charge is 0.465 e. The summed E-state index contributed by atoms with van der Waals surface area (Å²) >= 11 is 11.1. The maximum absolute atomic E-state index is 9.26. The number of rotatable bonds is 0. The maximum atomic E-state index is 9.26. The summed E-state index contributed by atoms with van der Waals surface area (Å²) in [7, 11) is 1.35. The lowest BCUT2D eigenvalue weighted by molar-refractivity contribution is 0.197. The van der Waals surface area contributed by atoms with Gasteiger partial charge in [-0.05, 0) is 24.3 Å². The van der Waals surface area contributed by atoms with Crippen LogP contribution >= 0.6 is 23.2 Å². The van der Waals surface area contributed by atoms with Crippen LogP contribution in [0.3, 0.4) is 0 Å². The molecule has 1 rings (SSSR count). The van der Waals surface area contributed by atoms with E-state index in [1.54, 1.807) is 24.3 Å². The van der Waals surface area contributed by atoms with Gasteiger partial charge in [0.2, 0.25) is 0 Å². The van der Waals surface area contributed by atoms with E-state index in [1.807, 2.05) is 5.32 Å². The summed E-state index contributed by atoms with van der Waals surface area (Å²) in [4.78, 5) is 9.26. The highest BCUT2D eigenvalue weighted by Gasteiger charge is 1.83. The predicted octanol–water partition coefficient (Wildman–Crippen LogP) is 2.88. The third-order valence-electron chi connectivity index (χ3n) is 1.02. The van der Waals surface area contributed by atoms with Crippen molar-refractivity contribution < 1.29 is 9.90 Å². The Kier molecular flexibility index (Phi) is 6.10. The molecule has 0 aliphatic rings. The van der Waals surface area contributed by atoms with Crippen molar-refractivity contribution in [3.8, 4) is 0 Å². The minimum atomic E-state index is -0.995. The Hall–Kier alpha value is -0.930. The summed E-state index contributed by atoms with van der Waals surface area (Å²) < 4.78 is 0. The van der Waals surface area contributed by atoms with Crippen LogP contribution in [0.1, 0.15) is 0 Å². The third kappa shape index (κ3) is 7.43. The van der Waals surface area contributed by atoms with Crippen molar-refractivity contribution in [1.82, 2.24) is 5.32 Å². The molecule has 2 N–H and O–H groups in total. The molecule has 13 heavy (non-hydrogen) atoms. The van der Waals surface area contributed by atoms with Crippen LogP contribution in [0.15, 0.2) is 24.3 Å². The molecule has 1 aromatic rings. The van der Waals surface area contributed by atoms with Crippen molar-refractivity contribution in [2.24, 2.45) is 0 Å². The molecule has 0 bridgehead atoms. The molecule has 0 spiro atoms. The fraction of sp³-hybridized carbons (Fsp3) is 0.125. The summed E-state index contributed by atoms with van der Waals surface area (Å²) in [6, 6.07) is 7.02. The SMILES string of the molecule is CNC(=O)O.Clc1ccc(Cl)cc1. The molecule has 72 valence electrons. The average Bonchev–Trinajstić information content (AvgIpc) is 2.11. The van der Waals surface area contributed by atoms with Crippen LogP contribution in [0.2, 0.25) is 10.0 Å². The highest BCUT2D eigenvalue weighted by atomic mass is 35.5. The Bertz CT molecular complexity index is 240. The Morgan fingerprint density at radius 3 is 1.62 bits per heavy atom. The molecule has 5 heteroatoms. The lowest BCUT2D eigenvalue weighted by Gasteiger charge is -1.86. The molecule has 0 fully saturated rings. The van der Waals surface area contributed by atoms with Gasteiger partial charge in [-0.1, -0.05) is 23.2 Å². The topological polar surface area (TPSA) is 49.3 Å². The molecule has 0 saturated heterocycles. The summed E-state index contributed by atoms with van der Waals surface area (Å²) in [6.07, 6.45) is -0.995. The van der Waals surface area contributed by atoms with Gasteiger partial charge in [-0.2, -0.15) is 0 Å². The van der Waals surface area contributed by atoms with Gasteiger partial charge < -0.3 is 10.4 Å². The molecule has 0 unspecified atom stereocenters. The van der Waals surface area contributed by atoms with Crippen LogP contribution in [0.4, 0.5) is 4.79 Å². The number of hydrogen-bond donors (Lipinski definition) is 2. The molecule has 3 nitrogen and oxygen atoms in total. The second-order valence-electron chi connectivity index (χ2n) is 1.99. The van der Waals surface area contributed by atoms with E-state index in [0.717, 1.165) is 10.0 Å². The van der Waals surface area contributed by atoms with Crippen molar-refractivity contribution >= 4 is 29.3 Å². The Morgan fingerprint density at radius 1 is 1.23 bits per heavy atom. The molecule has 1 aromatic carbocycles. The standard InChI is InChI=1S/C6H4Cl2.C2H5NO2/c7-5-1-2-6(8)4-3-5;1-3-2(4)5/h1-4H;3H,1H3,(H,4,5). The molecular weight excluding hydrogens is 213 g/mol. The summed E-state index contributed by atoms with van der Waals surface area (Å²) in [6.45, 7) is 0. The van der Waals surface area contributed by atoms with Crippen LogP contribution in [-0.2, 0) is 0 Å². The van der Waals surface area contributed by atoms with Crippen LogP contribution in [0.5, 0.6) is 0 Å². The number of nitrogens with one attached hydrogen (secondary N) is 1. The van der Waals surface area contributed by atoms with E-state index in [0.29, 0.717) is 0 Å². The van der Waals surface area contributed by atoms with Crippen LogP contribution < -0.4 is 5.32 Å². The smallest absolute Gasteiger partial charge is 0.404 e. The molecule has 0 heterocycles. The van der Waals surface area contributed by atoms with Gasteiger partial charge in [0.25, 0.3) is 0 Å². The Morgan fingerprint density at radius 2 is 1.46 bits per heavy atom. The summed E-state index contributed by atoms with van der Waals surface area (Å²) in [5.41, 5.74) is 0. The first-order valence-corrected chi connectivity index (χ1v) is 4.13. The third-order valence-corrected chi connectivity index (χ3v) is 1.52. The van der Waals surface area contributed by atoms with Gasteiger partial charge in [-0.15, -0.1) is 0 Å². The number of carbonyl (C=O) groups is 1. The zero-order chi connectivity index (χ0) is 10.3. The molecule has 0 radical (unpaired) electrons. The van der Waals surface area contributed by atoms with E-state index >= 15 is 0 Å². The van der Waals surface area contributed by atoms with Gasteiger partial charge in [0.15, 0.2) is 0 Å². The summed E-state index contributed by atoms with van der Waals surface area (Å²) in [5.74, 6) is 0.